The van der Waals surface area contributed by atoms with Gasteiger partial charge in [0.25, 0.3) is 11.1 Å². The molecular formula is C23H20ClF4N7O2. The zero-order chi connectivity index (χ0) is 26.9. The molecule has 0 spiro atoms. The predicted octanol–water partition coefficient (Wildman–Crippen LogP) is 4.22. The number of nitrogens with one attached hydrogen (secondary N) is 2. The zero-order valence-electron chi connectivity index (χ0n) is 19.2. The van der Waals surface area contributed by atoms with Gasteiger partial charge in [-0.3, -0.25) is 9.59 Å². The van der Waals surface area contributed by atoms with Crippen LogP contribution in [0.5, 0.6) is 0 Å². The van der Waals surface area contributed by atoms with Crippen LogP contribution in [0.3, 0.4) is 0 Å². The molecule has 0 bridgehead atoms. The summed E-state index contributed by atoms with van der Waals surface area (Å²) in [7, 11) is 0. The molecule has 0 amide bonds. The molecule has 0 aliphatic rings. The number of H-pyrrole nitrogens is 1. The molecule has 9 nitrogen and oxygen atoms in total. The van der Waals surface area contributed by atoms with Gasteiger partial charge in [-0.1, -0.05) is 11.6 Å². The molecule has 4 N–H and O–H groups in total. The Morgan fingerprint density at radius 3 is 2.70 bits per heavy atom. The Balaban J connectivity index is 1.48. The van der Waals surface area contributed by atoms with E-state index >= 15 is 0 Å². The molecule has 0 saturated heterocycles. The molecule has 1 aromatic carbocycles. The number of alkyl halides is 3. The van der Waals surface area contributed by atoms with Gasteiger partial charge in [0.1, 0.15) is 22.2 Å². The largest absolute Gasteiger partial charge is 0.423 e. The third-order valence-electron chi connectivity index (χ3n) is 5.65. The third-order valence-corrected chi connectivity index (χ3v) is 5.95. The van der Waals surface area contributed by atoms with Crippen molar-refractivity contribution in [1.82, 2.24) is 24.7 Å². The molecule has 0 fully saturated rings. The summed E-state index contributed by atoms with van der Waals surface area (Å²) in [5.41, 5.74) is 2.18. The van der Waals surface area contributed by atoms with Crippen molar-refractivity contribution < 1.29 is 17.6 Å². The lowest BCUT2D eigenvalue weighted by atomic mass is 10.1. The van der Waals surface area contributed by atoms with Crippen molar-refractivity contribution in [2.45, 2.75) is 38.5 Å². The van der Waals surface area contributed by atoms with E-state index in [0.717, 1.165) is 12.3 Å². The second-order valence-corrected chi connectivity index (χ2v) is 8.74. The molecule has 3 heterocycles. The number of aryl methyl sites for hydroxylation is 1. The van der Waals surface area contributed by atoms with Gasteiger partial charge in [0.05, 0.1) is 29.0 Å². The number of aromatic nitrogens is 5. The Morgan fingerprint density at radius 2 is 2.00 bits per heavy atom. The molecule has 4 aromatic rings. The van der Waals surface area contributed by atoms with Crippen LogP contribution in [0.4, 0.5) is 29.1 Å². The van der Waals surface area contributed by atoms with E-state index in [1.54, 1.807) is 24.3 Å². The van der Waals surface area contributed by atoms with Gasteiger partial charge in [0.2, 0.25) is 0 Å². The van der Waals surface area contributed by atoms with Crippen LogP contribution in [0.2, 0.25) is 5.02 Å². The summed E-state index contributed by atoms with van der Waals surface area (Å²) in [6, 6.07) is 3.71. The van der Waals surface area contributed by atoms with Crippen LogP contribution >= 0.6 is 11.6 Å². The van der Waals surface area contributed by atoms with Crippen LogP contribution in [-0.2, 0) is 12.7 Å². The van der Waals surface area contributed by atoms with Crippen LogP contribution in [0, 0.1) is 5.82 Å². The molecule has 1 atom stereocenters. The summed E-state index contributed by atoms with van der Waals surface area (Å²) in [6.45, 7) is 1.88. The number of nitrogen functional groups attached to an aromatic ring is 1. The van der Waals surface area contributed by atoms with Crippen LogP contribution in [0.25, 0.3) is 22.2 Å². The van der Waals surface area contributed by atoms with E-state index in [1.165, 1.54) is 16.8 Å². The van der Waals surface area contributed by atoms with Gasteiger partial charge in [0.15, 0.2) is 5.82 Å². The number of benzene rings is 1. The average molecular weight is 538 g/mol. The molecule has 14 heteroatoms. The summed E-state index contributed by atoms with van der Waals surface area (Å²) >= 11 is 5.82. The highest BCUT2D eigenvalue weighted by Gasteiger charge is 2.37. The monoisotopic (exact) mass is 537 g/mol. The summed E-state index contributed by atoms with van der Waals surface area (Å²) in [6.07, 6.45) is -0.358. The van der Waals surface area contributed by atoms with E-state index in [2.05, 4.69) is 20.4 Å². The van der Waals surface area contributed by atoms with E-state index in [1.807, 2.05) is 0 Å². The molecule has 3 aromatic heterocycles. The van der Waals surface area contributed by atoms with Gasteiger partial charge in [-0.15, -0.1) is 0 Å². The number of nitrogens with two attached hydrogens (primary N) is 1. The lowest BCUT2D eigenvalue weighted by Crippen LogP contribution is -2.27. The lowest BCUT2D eigenvalue weighted by Gasteiger charge is -2.18. The molecular weight excluding hydrogens is 518 g/mol. The van der Waals surface area contributed by atoms with Gasteiger partial charge in [-0.25, -0.2) is 19.5 Å². The van der Waals surface area contributed by atoms with Crippen molar-refractivity contribution >= 4 is 33.9 Å². The molecule has 0 aliphatic heterocycles. The normalized spacial score (nSPS) is 12.6. The van der Waals surface area contributed by atoms with Gasteiger partial charge in [-0.05, 0) is 43.4 Å². The fourth-order valence-electron chi connectivity index (χ4n) is 3.86. The number of anilines is 2. The van der Waals surface area contributed by atoms with Crippen molar-refractivity contribution in [3.8, 4) is 11.4 Å². The minimum Gasteiger partial charge on any atom is -0.382 e. The second kappa shape index (κ2) is 10.2. The first-order valence-electron chi connectivity index (χ1n) is 11.0. The average Bonchev–Trinajstić information content (AvgIpc) is 2.81. The lowest BCUT2D eigenvalue weighted by molar-refractivity contribution is -0.138. The third kappa shape index (κ3) is 5.56. The fraction of sp³-hybridized carbons (Fsp3) is 0.261. The first kappa shape index (κ1) is 26.1. The summed E-state index contributed by atoms with van der Waals surface area (Å²) in [5.74, 6) is -0.694. The van der Waals surface area contributed by atoms with E-state index in [-0.39, 0.29) is 34.2 Å². The Bertz CT molecular complexity index is 1590. The van der Waals surface area contributed by atoms with Crippen molar-refractivity contribution in [3.05, 3.63) is 73.9 Å². The van der Waals surface area contributed by atoms with Gasteiger partial charge >= 0.3 is 6.18 Å². The van der Waals surface area contributed by atoms with Crippen molar-refractivity contribution in [2.24, 2.45) is 0 Å². The minimum absolute atomic E-state index is 0.00439. The molecule has 1 unspecified atom stereocenters. The van der Waals surface area contributed by atoms with Crippen LogP contribution in [0.1, 0.15) is 25.3 Å². The Kier molecular flexibility index (Phi) is 7.16. The molecule has 4 rings (SSSR count). The number of nitrogens with zero attached hydrogens (tertiary/aromatic N) is 4. The molecule has 0 saturated carbocycles. The fourth-order valence-corrected chi connectivity index (χ4v) is 3.95. The summed E-state index contributed by atoms with van der Waals surface area (Å²) in [4.78, 5) is 32.5. The standard InChI is InChI=1S/C23H20ClF4N7O2/c1-11(32-17-10-31-34-21(36)18(17)23(26,27)28)3-2-5-35-6-4-12-7-14(16(25)8-13(12)22(35)37)20-30-9-15(24)19(29)33-20/h4,6-11H,2-3,5H2,1H3,(H2,29,30,33)(H2,32,34,36). The molecule has 0 aliphatic carbocycles. The number of hydrogen-bond acceptors (Lipinski definition) is 7. The first-order valence-corrected chi connectivity index (χ1v) is 11.4. The number of fused-ring (bicyclic) bond motifs is 1. The predicted molar refractivity (Wildman–Crippen MR) is 131 cm³/mol. The van der Waals surface area contributed by atoms with Crippen molar-refractivity contribution in [1.29, 1.82) is 0 Å². The van der Waals surface area contributed by atoms with E-state index in [0.29, 0.717) is 18.2 Å². The summed E-state index contributed by atoms with van der Waals surface area (Å²) in [5, 5.41) is 8.60. The van der Waals surface area contributed by atoms with E-state index < -0.39 is 40.4 Å². The van der Waals surface area contributed by atoms with E-state index in [9.17, 15) is 27.2 Å². The Labute approximate surface area is 211 Å². The number of pyridine rings is 1. The van der Waals surface area contributed by atoms with Crippen molar-refractivity contribution in [3.63, 3.8) is 0 Å². The highest BCUT2D eigenvalue weighted by molar-refractivity contribution is 6.32. The van der Waals surface area contributed by atoms with Crippen LogP contribution in [-0.4, -0.2) is 30.8 Å². The van der Waals surface area contributed by atoms with Crippen LogP contribution < -0.4 is 22.2 Å². The maximum atomic E-state index is 14.8. The Hall–Kier alpha value is -4.00. The number of hydrogen-bond donors (Lipinski definition) is 3. The first-order chi connectivity index (χ1) is 17.5. The van der Waals surface area contributed by atoms with Crippen LogP contribution in [0.15, 0.2) is 46.4 Å². The Morgan fingerprint density at radius 1 is 1.24 bits per heavy atom. The topological polar surface area (TPSA) is 132 Å². The number of halogens is 5. The summed E-state index contributed by atoms with van der Waals surface area (Å²) < 4.78 is 55.9. The maximum absolute atomic E-state index is 14.8. The smallest absolute Gasteiger partial charge is 0.382 e. The highest BCUT2D eigenvalue weighted by Crippen LogP contribution is 2.32. The maximum Gasteiger partial charge on any atom is 0.423 e. The zero-order valence-corrected chi connectivity index (χ0v) is 20.0. The number of aromatic amines is 1. The van der Waals surface area contributed by atoms with Crippen molar-refractivity contribution in [2.75, 3.05) is 11.1 Å². The molecule has 0 radical (unpaired) electrons. The van der Waals surface area contributed by atoms with Gasteiger partial charge in [0, 0.05) is 18.8 Å². The van der Waals surface area contributed by atoms with E-state index in [4.69, 9.17) is 17.3 Å². The quantitative estimate of drug-likeness (QED) is 0.301. The highest BCUT2D eigenvalue weighted by atomic mass is 35.5. The SMILES string of the molecule is CC(CCCn1ccc2cc(-c3ncc(Cl)c(N)n3)c(F)cc2c1=O)Nc1cn[nH]c(=O)c1C(F)(F)F. The van der Waals surface area contributed by atoms with Gasteiger partial charge in [-0.2, -0.15) is 18.3 Å². The second-order valence-electron chi connectivity index (χ2n) is 8.33. The number of rotatable bonds is 7. The van der Waals surface area contributed by atoms with Gasteiger partial charge < -0.3 is 15.6 Å². The molecule has 194 valence electrons. The molecule has 37 heavy (non-hydrogen) atoms. The minimum atomic E-state index is -4.85.